The third-order valence-electron chi connectivity index (χ3n) is 3.90. The van der Waals surface area contributed by atoms with Gasteiger partial charge in [-0.3, -0.25) is 4.79 Å². The molecule has 0 bridgehead atoms. The first kappa shape index (κ1) is 18.7. The monoisotopic (exact) mass is 311 g/mol. The van der Waals surface area contributed by atoms with Gasteiger partial charge in [0, 0.05) is 38.3 Å². The summed E-state index contributed by atoms with van der Waals surface area (Å²) < 4.78 is 0. The number of aliphatic imine (C=N–C) groups is 1. The molecule has 0 aromatic carbocycles. The fourth-order valence-corrected chi connectivity index (χ4v) is 2.54. The molecule has 6 nitrogen and oxygen atoms in total. The Balaban J connectivity index is 2.42. The molecule has 0 atom stereocenters. The first-order valence-corrected chi connectivity index (χ1v) is 8.62. The van der Waals surface area contributed by atoms with Crippen LogP contribution in [0.3, 0.4) is 0 Å². The minimum atomic E-state index is -0.0197. The Morgan fingerprint density at radius 3 is 2.45 bits per heavy atom. The molecule has 1 fully saturated rings. The molecule has 0 spiro atoms. The van der Waals surface area contributed by atoms with Gasteiger partial charge in [-0.2, -0.15) is 0 Å². The fourth-order valence-electron chi connectivity index (χ4n) is 2.54. The van der Waals surface area contributed by atoms with Crippen LogP contribution in [0.2, 0.25) is 0 Å². The molecule has 0 aromatic heterocycles. The number of likely N-dealkylation sites (tertiary alicyclic amines) is 1. The zero-order valence-corrected chi connectivity index (χ0v) is 14.6. The van der Waals surface area contributed by atoms with E-state index in [-0.39, 0.29) is 12.5 Å². The SMILES string of the molecule is CCCNC(=O)CN=C(NCC)NC1CCN(C(C)C)CC1. The average Bonchev–Trinajstić information content (AvgIpc) is 2.51. The lowest BCUT2D eigenvalue weighted by molar-refractivity contribution is -0.119. The Morgan fingerprint density at radius 2 is 1.91 bits per heavy atom. The molecule has 3 N–H and O–H groups in total. The molecule has 0 aromatic rings. The number of carbonyl (C=O) groups excluding carboxylic acids is 1. The number of nitrogens with one attached hydrogen (secondary N) is 3. The number of hydrogen-bond donors (Lipinski definition) is 3. The van der Waals surface area contributed by atoms with Crippen molar-refractivity contribution < 1.29 is 4.79 Å². The molecule has 0 aliphatic carbocycles. The maximum atomic E-state index is 11.6. The van der Waals surface area contributed by atoms with Gasteiger partial charge in [0.1, 0.15) is 6.54 Å². The Morgan fingerprint density at radius 1 is 1.23 bits per heavy atom. The molecule has 1 aliphatic heterocycles. The van der Waals surface area contributed by atoms with E-state index in [1.807, 2.05) is 13.8 Å². The van der Waals surface area contributed by atoms with Crippen molar-refractivity contribution in [3.8, 4) is 0 Å². The lowest BCUT2D eigenvalue weighted by Crippen LogP contribution is -2.50. The Hall–Kier alpha value is -1.30. The van der Waals surface area contributed by atoms with E-state index < -0.39 is 0 Å². The molecule has 1 rings (SSSR count). The van der Waals surface area contributed by atoms with E-state index in [1.165, 1.54) is 0 Å². The van der Waals surface area contributed by atoms with Crippen molar-refractivity contribution in [2.75, 3.05) is 32.7 Å². The van der Waals surface area contributed by atoms with Crippen LogP contribution in [0.15, 0.2) is 4.99 Å². The van der Waals surface area contributed by atoms with Crippen LogP contribution in [0.25, 0.3) is 0 Å². The molecule has 0 radical (unpaired) electrons. The average molecular weight is 311 g/mol. The molecular formula is C16H33N5O. The Labute approximate surface area is 135 Å². The van der Waals surface area contributed by atoms with E-state index in [2.05, 4.69) is 39.7 Å². The summed E-state index contributed by atoms with van der Waals surface area (Å²) in [6.07, 6.45) is 3.18. The maximum absolute atomic E-state index is 11.6. The van der Waals surface area contributed by atoms with E-state index in [9.17, 15) is 4.79 Å². The normalized spacial score (nSPS) is 17.6. The zero-order valence-electron chi connectivity index (χ0n) is 14.6. The number of nitrogens with zero attached hydrogens (tertiary/aromatic N) is 2. The lowest BCUT2D eigenvalue weighted by atomic mass is 10.0. The van der Waals surface area contributed by atoms with Crippen LogP contribution >= 0.6 is 0 Å². The lowest BCUT2D eigenvalue weighted by Gasteiger charge is -2.35. The minimum Gasteiger partial charge on any atom is -0.357 e. The summed E-state index contributed by atoms with van der Waals surface area (Å²) in [6, 6.07) is 1.05. The number of guanidine groups is 1. The van der Waals surface area contributed by atoms with Crippen LogP contribution in [-0.4, -0.2) is 61.6 Å². The molecule has 0 saturated carbocycles. The van der Waals surface area contributed by atoms with Crippen LogP contribution < -0.4 is 16.0 Å². The minimum absolute atomic E-state index is 0.0197. The molecule has 22 heavy (non-hydrogen) atoms. The molecule has 1 amide bonds. The molecule has 1 saturated heterocycles. The molecular weight excluding hydrogens is 278 g/mol. The van der Waals surface area contributed by atoms with Crippen LogP contribution in [-0.2, 0) is 4.79 Å². The van der Waals surface area contributed by atoms with E-state index in [0.29, 0.717) is 18.6 Å². The summed E-state index contributed by atoms with van der Waals surface area (Å²) in [5.74, 6) is 0.728. The summed E-state index contributed by atoms with van der Waals surface area (Å²) in [6.45, 7) is 12.5. The second kappa shape index (κ2) is 10.4. The Bertz CT molecular complexity index is 348. The van der Waals surface area contributed by atoms with Gasteiger partial charge in [-0.25, -0.2) is 4.99 Å². The largest absolute Gasteiger partial charge is 0.357 e. The van der Waals surface area contributed by atoms with Gasteiger partial charge >= 0.3 is 0 Å². The van der Waals surface area contributed by atoms with E-state index in [4.69, 9.17) is 0 Å². The zero-order chi connectivity index (χ0) is 16.4. The molecule has 1 heterocycles. The van der Waals surface area contributed by atoms with Gasteiger partial charge in [0.25, 0.3) is 0 Å². The first-order valence-electron chi connectivity index (χ1n) is 8.62. The predicted molar refractivity (Wildman–Crippen MR) is 92.1 cm³/mol. The number of rotatable bonds is 7. The molecule has 6 heteroatoms. The highest BCUT2D eigenvalue weighted by Crippen LogP contribution is 2.12. The summed E-state index contributed by atoms with van der Waals surface area (Å²) in [5, 5.41) is 9.52. The van der Waals surface area contributed by atoms with Gasteiger partial charge in [0.2, 0.25) is 5.91 Å². The highest BCUT2D eigenvalue weighted by atomic mass is 16.1. The van der Waals surface area contributed by atoms with Crippen molar-refractivity contribution in [1.82, 2.24) is 20.9 Å². The highest BCUT2D eigenvalue weighted by Gasteiger charge is 2.21. The summed E-state index contributed by atoms with van der Waals surface area (Å²) in [5.41, 5.74) is 0. The second-order valence-corrected chi connectivity index (χ2v) is 6.09. The summed E-state index contributed by atoms with van der Waals surface area (Å²) >= 11 is 0. The quantitative estimate of drug-likeness (QED) is 0.483. The first-order chi connectivity index (χ1) is 10.6. The van der Waals surface area contributed by atoms with Crippen LogP contribution in [0.1, 0.15) is 47.0 Å². The van der Waals surface area contributed by atoms with Gasteiger partial charge in [-0.1, -0.05) is 6.92 Å². The number of amides is 1. The van der Waals surface area contributed by atoms with Crippen LogP contribution in [0.5, 0.6) is 0 Å². The Kier molecular flexibility index (Phi) is 8.89. The topological polar surface area (TPSA) is 68.8 Å². The van der Waals surface area contributed by atoms with Crippen molar-refractivity contribution in [3.63, 3.8) is 0 Å². The van der Waals surface area contributed by atoms with Gasteiger partial charge in [-0.05, 0) is 40.0 Å². The van der Waals surface area contributed by atoms with Crippen LogP contribution in [0.4, 0.5) is 0 Å². The van der Waals surface area contributed by atoms with Gasteiger partial charge in [-0.15, -0.1) is 0 Å². The third kappa shape index (κ3) is 7.11. The van der Waals surface area contributed by atoms with Crippen LogP contribution in [0, 0.1) is 0 Å². The number of carbonyl (C=O) groups is 1. The molecule has 0 unspecified atom stereocenters. The number of piperidine rings is 1. The van der Waals surface area contributed by atoms with Crippen molar-refractivity contribution in [3.05, 3.63) is 0 Å². The summed E-state index contributed by atoms with van der Waals surface area (Å²) in [7, 11) is 0. The highest BCUT2D eigenvalue weighted by molar-refractivity contribution is 5.85. The number of hydrogen-bond acceptors (Lipinski definition) is 3. The second-order valence-electron chi connectivity index (χ2n) is 6.09. The van der Waals surface area contributed by atoms with E-state index >= 15 is 0 Å². The molecule has 128 valence electrons. The predicted octanol–water partition coefficient (Wildman–Crippen LogP) is 0.941. The third-order valence-corrected chi connectivity index (χ3v) is 3.90. The fraction of sp³-hybridized carbons (Fsp3) is 0.875. The van der Waals surface area contributed by atoms with E-state index in [0.717, 1.165) is 44.9 Å². The smallest absolute Gasteiger partial charge is 0.241 e. The van der Waals surface area contributed by atoms with Crippen molar-refractivity contribution in [2.45, 2.75) is 59.0 Å². The standard InChI is InChI=1S/C16H33N5O/c1-5-9-18-15(22)12-19-16(17-6-2)20-14-7-10-21(11-8-14)13(3)4/h13-14H,5-12H2,1-4H3,(H,18,22)(H2,17,19,20). The van der Waals surface area contributed by atoms with Crippen molar-refractivity contribution in [2.24, 2.45) is 4.99 Å². The summed E-state index contributed by atoms with van der Waals surface area (Å²) in [4.78, 5) is 18.5. The van der Waals surface area contributed by atoms with Gasteiger partial charge < -0.3 is 20.9 Å². The van der Waals surface area contributed by atoms with Crippen molar-refractivity contribution in [1.29, 1.82) is 0 Å². The van der Waals surface area contributed by atoms with Gasteiger partial charge in [0.05, 0.1) is 0 Å². The molecule has 1 aliphatic rings. The maximum Gasteiger partial charge on any atom is 0.241 e. The van der Waals surface area contributed by atoms with E-state index in [1.54, 1.807) is 0 Å². The van der Waals surface area contributed by atoms with Gasteiger partial charge in [0.15, 0.2) is 5.96 Å². The van der Waals surface area contributed by atoms with Crippen molar-refractivity contribution >= 4 is 11.9 Å².